The summed E-state index contributed by atoms with van der Waals surface area (Å²) in [5, 5.41) is 5.04. The molecule has 0 radical (unpaired) electrons. The van der Waals surface area contributed by atoms with E-state index in [9.17, 15) is 17.6 Å². The highest BCUT2D eigenvalue weighted by atomic mass is 32.2. The molecule has 0 spiro atoms. The molecule has 1 amide bonds. The van der Waals surface area contributed by atoms with Crippen molar-refractivity contribution in [3.63, 3.8) is 0 Å². The largest absolute Gasteiger partial charge is 0.336 e. The van der Waals surface area contributed by atoms with E-state index in [1.165, 1.54) is 11.8 Å². The van der Waals surface area contributed by atoms with E-state index in [0.717, 1.165) is 12.1 Å². The van der Waals surface area contributed by atoms with Gasteiger partial charge in [0.25, 0.3) is 5.91 Å². The van der Waals surface area contributed by atoms with Crippen LogP contribution in [0.5, 0.6) is 0 Å². The maximum absolute atomic E-state index is 13.8. The standard InChI is InChI=1S/C13H19FN2O3S/c1-5-16(8(2)3)13(17)10-6-11(14)9(4)12(7-10)20(15,18)19/h6-8H,5H2,1-4H3,(H2,15,18,19). The summed E-state index contributed by atoms with van der Waals surface area (Å²) in [6.07, 6.45) is 0. The van der Waals surface area contributed by atoms with Crippen molar-refractivity contribution >= 4 is 15.9 Å². The van der Waals surface area contributed by atoms with Crippen molar-refractivity contribution in [1.29, 1.82) is 0 Å². The van der Waals surface area contributed by atoms with E-state index in [2.05, 4.69) is 0 Å². The zero-order valence-corrected chi connectivity index (χ0v) is 12.8. The summed E-state index contributed by atoms with van der Waals surface area (Å²) in [7, 11) is -4.08. The normalized spacial score (nSPS) is 11.8. The Labute approximate surface area is 118 Å². The minimum Gasteiger partial charge on any atom is -0.336 e. The number of primary sulfonamides is 1. The molecule has 0 fully saturated rings. The SMILES string of the molecule is CCN(C(=O)c1cc(F)c(C)c(S(N)(=O)=O)c1)C(C)C. The molecular formula is C13H19FN2O3S. The van der Waals surface area contributed by atoms with Crippen molar-refractivity contribution in [1.82, 2.24) is 4.90 Å². The van der Waals surface area contributed by atoms with Crippen LogP contribution in [0.4, 0.5) is 4.39 Å². The van der Waals surface area contributed by atoms with E-state index in [0.29, 0.717) is 6.54 Å². The van der Waals surface area contributed by atoms with Crippen molar-refractivity contribution in [2.75, 3.05) is 6.54 Å². The van der Waals surface area contributed by atoms with Crippen LogP contribution in [0.2, 0.25) is 0 Å². The van der Waals surface area contributed by atoms with Crippen molar-refractivity contribution in [3.05, 3.63) is 29.1 Å². The smallest absolute Gasteiger partial charge is 0.254 e. The van der Waals surface area contributed by atoms with E-state index >= 15 is 0 Å². The minimum atomic E-state index is -4.08. The fourth-order valence-corrected chi connectivity index (χ4v) is 2.80. The Morgan fingerprint density at radius 2 is 1.95 bits per heavy atom. The molecular weight excluding hydrogens is 283 g/mol. The van der Waals surface area contributed by atoms with Crippen LogP contribution >= 0.6 is 0 Å². The third kappa shape index (κ3) is 3.34. The monoisotopic (exact) mass is 302 g/mol. The topological polar surface area (TPSA) is 80.5 Å². The van der Waals surface area contributed by atoms with Crippen LogP contribution in [0.25, 0.3) is 0 Å². The Morgan fingerprint density at radius 3 is 2.35 bits per heavy atom. The van der Waals surface area contributed by atoms with Gasteiger partial charge in [-0.05, 0) is 39.8 Å². The number of sulfonamides is 1. The molecule has 0 aliphatic rings. The van der Waals surface area contributed by atoms with E-state index < -0.39 is 21.7 Å². The average Bonchev–Trinajstić information content (AvgIpc) is 2.31. The molecule has 0 unspecified atom stereocenters. The molecule has 0 heterocycles. The summed E-state index contributed by atoms with van der Waals surface area (Å²) in [6, 6.07) is 2.09. The molecule has 0 aliphatic heterocycles. The Morgan fingerprint density at radius 1 is 1.40 bits per heavy atom. The molecule has 20 heavy (non-hydrogen) atoms. The van der Waals surface area contributed by atoms with Gasteiger partial charge in [-0.15, -0.1) is 0 Å². The van der Waals surface area contributed by atoms with Crippen molar-refractivity contribution in [3.8, 4) is 0 Å². The Bertz CT molecular complexity index is 627. The zero-order chi connectivity index (χ0) is 15.7. The lowest BCUT2D eigenvalue weighted by molar-refractivity contribution is 0.0716. The lowest BCUT2D eigenvalue weighted by Gasteiger charge is -2.25. The summed E-state index contributed by atoms with van der Waals surface area (Å²) in [4.78, 5) is 13.4. The van der Waals surface area contributed by atoms with Gasteiger partial charge in [-0.2, -0.15) is 0 Å². The van der Waals surface area contributed by atoms with Gasteiger partial charge in [0.2, 0.25) is 10.0 Å². The quantitative estimate of drug-likeness (QED) is 0.918. The predicted octanol–water partition coefficient (Wildman–Crippen LogP) is 1.65. The molecule has 0 aliphatic carbocycles. The molecule has 0 bridgehead atoms. The molecule has 0 aromatic heterocycles. The van der Waals surface area contributed by atoms with Crippen molar-refractivity contribution in [2.24, 2.45) is 5.14 Å². The number of amides is 1. The summed E-state index contributed by atoms with van der Waals surface area (Å²) in [5.41, 5.74) is -0.107. The van der Waals surface area contributed by atoms with Crippen LogP contribution in [0.15, 0.2) is 17.0 Å². The van der Waals surface area contributed by atoms with Crippen LogP contribution < -0.4 is 5.14 Å². The van der Waals surface area contributed by atoms with E-state index in [-0.39, 0.29) is 22.1 Å². The Kier molecular flexibility index (Phi) is 4.88. The fraction of sp³-hybridized carbons (Fsp3) is 0.462. The van der Waals surface area contributed by atoms with Gasteiger partial charge < -0.3 is 4.90 Å². The van der Waals surface area contributed by atoms with Crippen LogP contribution in [0.3, 0.4) is 0 Å². The van der Waals surface area contributed by atoms with Gasteiger partial charge in [0.05, 0.1) is 4.90 Å². The second-order valence-electron chi connectivity index (χ2n) is 4.81. The van der Waals surface area contributed by atoms with Gasteiger partial charge in [0.15, 0.2) is 0 Å². The summed E-state index contributed by atoms with van der Waals surface area (Å²) >= 11 is 0. The number of hydrogen-bond donors (Lipinski definition) is 1. The number of nitrogens with zero attached hydrogens (tertiary/aromatic N) is 1. The number of carbonyl (C=O) groups excluding carboxylic acids is 1. The van der Waals surface area contributed by atoms with E-state index in [1.54, 1.807) is 6.92 Å². The lowest BCUT2D eigenvalue weighted by atomic mass is 10.1. The summed E-state index contributed by atoms with van der Waals surface area (Å²) in [5.74, 6) is -1.19. The van der Waals surface area contributed by atoms with Gasteiger partial charge in [-0.25, -0.2) is 17.9 Å². The second-order valence-corrected chi connectivity index (χ2v) is 6.34. The van der Waals surface area contributed by atoms with Gasteiger partial charge in [0, 0.05) is 23.7 Å². The molecule has 5 nitrogen and oxygen atoms in total. The van der Waals surface area contributed by atoms with Gasteiger partial charge in [-0.3, -0.25) is 4.79 Å². The minimum absolute atomic E-state index is 0.0207. The molecule has 0 saturated heterocycles. The molecule has 7 heteroatoms. The second kappa shape index (κ2) is 5.88. The molecule has 1 aromatic rings. The first kappa shape index (κ1) is 16.6. The number of carbonyl (C=O) groups is 1. The maximum atomic E-state index is 13.8. The van der Waals surface area contributed by atoms with Crippen LogP contribution in [0, 0.1) is 12.7 Å². The molecule has 2 N–H and O–H groups in total. The molecule has 0 atom stereocenters. The Balaban J connectivity index is 3.42. The fourth-order valence-electron chi connectivity index (χ4n) is 1.98. The third-order valence-corrected chi connectivity index (χ3v) is 4.11. The first-order valence-electron chi connectivity index (χ1n) is 6.23. The molecule has 1 aromatic carbocycles. The van der Waals surface area contributed by atoms with E-state index in [4.69, 9.17) is 5.14 Å². The maximum Gasteiger partial charge on any atom is 0.254 e. The number of nitrogens with two attached hydrogens (primary N) is 1. The number of rotatable bonds is 4. The predicted molar refractivity (Wildman–Crippen MR) is 74.4 cm³/mol. The molecule has 1 rings (SSSR count). The number of hydrogen-bond acceptors (Lipinski definition) is 3. The van der Waals surface area contributed by atoms with Crippen LogP contribution in [-0.4, -0.2) is 31.8 Å². The van der Waals surface area contributed by atoms with Crippen molar-refractivity contribution < 1.29 is 17.6 Å². The molecule has 0 saturated carbocycles. The van der Waals surface area contributed by atoms with Gasteiger partial charge in [-0.1, -0.05) is 0 Å². The summed E-state index contributed by atoms with van der Waals surface area (Å²) < 4.78 is 36.7. The first-order valence-corrected chi connectivity index (χ1v) is 7.78. The highest BCUT2D eigenvalue weighted by Crippen LogP contribution is 2.21. The molecule has 112 valence electrons. The summed E-state index contributed by atoms with van der Waals surface area (Å²) in [6.45, 7) is 7.20. The number of benzene rings is 1. The van der Waals surface area contributed by atoms with Crippen LogP contribution in [0.1, 0.15) is 36.7 Å². The lowest BCUT2D eigenvalue weighted by Crippen LogP contribution is -2.36. The average molecular weight is 302 g/mol. The highest BCUT2D eigenvalue weighted by Gasteiger charge is 2.22. The van der Waals surface area contributed by atoms with Crippen LogP contribution in [-0.2, 0) is 10.0 Å². The third-order valence-electron chi connectivity index (χ3n) is 3.08. The van der Waals surface area contributed by atoms with E-state index in [1.807, 2.05) is 13.8 Å². The number of halogens is 1. The Hall–Kier alpha value is -1.47. The van der Waals surface area contributed by atoms with Gasteiger partial charge >= 0.3 is 0 Å². The first-order chi connectivity index (χ1) is 9.09. The zero-order valence-electron chi connectivity index (χ0n) is 12.0. The highest BCUT2D eigenvalue weighted by molar-refractivity contribution is 7.89. The van der Waals surface area contributed by atoms with Gasteiger partial charge in [0.1, 0.15) is 5.82 Å². The van der Waals surface area contributed by atoms with Crippen molar-refractivity contribution in [2.45, 2.75) is 38.6 Å².